The summed E-state index contributed by atoms with van der Waals surface area (Å²) >= 11 is 6.25. The summed E-state index contributed by atoms with van der Waals surface area (Å²) in [5, 5.41) is 1.69. The molecule has 0 radical (unpaired) electrons. The summed E-state index contributed by atoms with van der Waals surface area (Å²) in [5.41, 5.74) is 5.59. The molecule has 178 valence electrons. The number of ether oxygens (including phenoxy) is 1. The summed E-state index contributed by atoms with van der Waals surface area (Å²) in [6.45, 7) is 4.22. The van der Waals surface area contributed by atoms with Crippen LogP contribution < -0.4 is 4.74 Å². The molecule has 1 aliphatic heterocycles. The van der Waals surface area contributed by atoms with Gasteiger partial charge in [-0.3, -0.25) is 4.90 Å². The lowest BCUT2D eigenvalue weighted by Crippen LogP contribution is -2.27. The average molecular weight is 484 g/mol. The Kier molecular flexibility index (Phi) is 6.41. The maximum atomic E-state index is 6.25. The van der Waals surface area contributed by atoms with Crippen LogP contribution in [0, 0.1) is 5.92 Å². The molecule has 1 aromatic heterocycles. The second-order valence-electron chi connectivity index (χ2n) is 9.95. The van der Waals surface area contributed by atoms with Crippen LogP contribution >= 0.6 is 11.6 Å². The maximum Gasteiger partial charge on any atom is 0.317 e. The van der Waals surface area contributed by atoms with Gasteiger partial charge in [0.05, 0.1) is 17.8 Å². The van der Waals surface area contributed by atoms with E-state index >= 15 is 0 Å². The van der Waals surface area contributed by atoms with Crippen molar-refractivity contribution in [1.29, 1.82) is 0 Å². The molecule has 0 unspecified atom stereocenters. The van der Waals surface area contributed by atoms with Crippen molar-refractivity contribution in [3.8, 4) is 17.3 Å². The molecule has 0 N–H and O–H groups in total. The van der Waals surface area contributed by atoms with Gasteiger partial charge in [-0.15, -0.1) is 0 Å². The number of hydrogen-bond donors (Lipinski definition) is 0. The van der Waals surface area contributed by atoms with E-state index in [0.29, 0.717) is 29.5 Å². The van der Waals surface area contributed by atoms with Crippen molar-refractivity contribution in [2.24, 2.45) is 5.92 Å². The second-order valence-corrected chi connectivity index (χ2v) is 10.4. The Labute approximate surface area is 211 Å². The molecule has 6 rings (SSSR count). The highest BCUT2D eigenvalue weighted by atomic mass is 35.5. The predicted octanol–water partition coefficient (Wildman–Crippen LogP) is 7.12. The molecular formula is C30H30ClN3O. The zero-order valence-electron chi connectivity index (χ0n) is 19.9. The molecule has 1 saturated carbocycles. The third-order valence-electron chi connectivity index (χ3n) is 7.42. The number of nitrogens with zero attached hydrogens (tertiary/aromatic N) is 3. The molecule has 35 heavy (non-hydrogen) atoms. The van der Waals surface area contributed by atoms with Crippen LogP contribution in [0.3, 0.4) is 0 Å². The van der Waals surface area contributed by atoms with Crippen LogP contribution in [0.2, 0.25) is 5.02 Å². The highest BCUT2D eigenvalue weighted by Crippen LogP contribution is 2.42. The normalized spacial score (nSPS) is 20.1. The third kappa shape index (κ3) is 5.05. The molecule has 3 aromatic carbocycles. The van der Waals surface area contributed by atoms with Gasteiger partial charge in [0, 0.05) is 22.5 Å². The summed E-state index contributed by atoms with van der Waals surface area (Å²) in [7, 11) is 0. The van der Waals surface area contributed by atoms with E-state index in [1.54, 1.807) is 0 Å². The van der Waals surface area contributed by atoms with E-state index < -0.39 is 0 Å². The van der Waals surface area contributed by atoms with Crippen LogP contribution in [0.15, 0.2) is 72.8 Å². The Balaban J connectivity index is 1.09. The zero-order chi connectivity index (χ0) is 23.6. The number of rotatable bonds is 7. The molecule has 0 atom stereocenters. The van der Waals surface area contributed by atoms with E-state index in [2.05, 4.69) is 34.1 Å². The Bertz CT molecular complexity index is 1310. The Morgan fingerprint density at radius 1 is 0.886 bits per heavy atom. The molecule has 2 aliphatic rings. The Morgan fingerprint density at radius 2 is 1.69 bits per heavy atom. The van der Waals surface area contributed by atoms with E-state index in [1.165, 1.54) is 37.1 Å². The van der Waals surface area contributed by atoms with Crippen LogP contribution in [0.4, 0.5) is 0 Å². The smallest absolute Gasteiger partial charge is 0.317 e. The topological polar surface area (TPSA) is 38.2 Å². The molecular weight excluding hydrogens is 454 g/mol. The molecule has 4 aromatic rings. The zero-order valence-corrected chi connectivity index (χ0v) is 20.6. The number of fused-ring (bicyclic) bond motifs is 1. The van der Waals surface area contributed by atoms with Crippen molar-refractivity contribution in [3.05, 3.63) is 88.9 Å². The largest absolute Gasteiger partial charge is 0.463 e. The van der Waals surface area contributed by atoms with Gasteiger partial charge in [-0.2, -0.15) is 9.97 Å². The van der Waals surface area contributed by atoms with Crippen molar-refractivity contribution in [2.75, 3.05) is 19.7 Å². The van der Waals surface area contributed by atoms with Gasteiger partial charge < -0.3 is 4.74 Å². The number of likely N-dealkylation sites (tertiary alicyclic amines) is 1. The summed E-state index contributed by atoms with van der Waals surface area (Å²) in [6.07, 6.45) is 4.99. The standard InChI is InChI=1S/C30H30ClN3O/c31-26-7-5-6-24(18-26)29-27-8-1-2-9-28(27)32-30(33-29)35-20-22-16-25(17-22)23-12-10-21(11-13-23)19-34-14-3-4-15-34/h1-2,5-13,18,22,25H,3-4,14-17,19-20H2/t22-,25+. The SMILES string of the molecule is Clc1cccc(-c2nc(OC[C@H]3C[C@@H](c4ccc(CN5CCCC5)cc4)C3)nc3ccccc23)c1. The first-order valence-electron chi connectivity index (χ1n) is 12.7. The molecule has 0 amide bonds. The van der Waals surface area contributed by atoms with Gasteiger partial charge in [0.2, 0.25) is 0 Å². The number of para-hydroxylation sites is 1. The minimum atomic E-state index is 0.438. The van der Waals surface area contributed by atoms with Crippen molar-refractivity contribution in [3.63, 3.8) is 0 Å². The fourth-order valence-corrected chi connectivity index (χ4v) is 5.60. The fraction of sp³-hybridized carbons (Fsp3) is 0.333. The van der Waals surface area contributed by atoms with Crippen molar-refractivity contribution < 1.29 is 4.74 Å². The van der Waals surface area contributed by atoms with E-state index in [0.717, 1.165) is 41.5 Å². The number of halogens is 1. The first-order chi connectivity index (χ1) is 17.2. The van der Waals surface area contributed by atoms with Gasteiger partial charge in [-0.25, -0.2) is 0 Å². The lowest BCUT2D eigenvalue weighted by Gasteiger charge is -2.35. The molecule has 1 saturated heterocycles. The lowest BCUT2D eigenvalue weighted by atomic mass is 9.72. The summed E-state index contributed by atoms with van der Waals surface area (Å²) < 4.78 is 6.13. The maximum absolute atomic E-state index is 6.25. The summed E-state index contributed by atoms with van der Waals surface area (Å²) in [4.78, 5) is 12.0. The Hall–Kier alpha value is -2.95. The monoisotopic (exact) mass is 483 g/mol. The number of aromatic nitrogens is 2. The Morgan fingerprint density at radius 3 is 2.49 bits per heavy atom. The molecule has 2 heterocycles. The van der Waals surface area contributed by atoms with Crippen molar-refractivity contribution in [2.45, 2.75) is 38.1 Å². The quantitative estimate of drug-likeness (QED) is 0.280. The second kappa shape index (κ2) is 9.96. The van der Waals surface area contributed by atoms with Gasteiger partial charge >= 0.3 is 6.01 Å². The van der Waals surface area contributed by atoms with Gasteiger partial charge in [0.1, 0.15) is 0 Å². The minimum Gasteiger partial charge on any atom is -0.463 e. The fourth-order valence-electron chi connectivity index (χ4n) is 5.41. The van der Waals surface area contributed by atoms with Gasteiger partial charge in [0.15, 0.2) is 0 Å². The predicted molar refractivity (Wildman–Crippen MR) is 142 cm³/mol. The van der Waals surface area contributed by atoms with Crippen molar-refractivity contribution in [1.82, 2.24) is 14.9 Å². The molecule has 1 aliphatic carbocycles. The summed E-state index contributed by atoms with van der Waals surface area (Å²) in [6, 6.07) is 25.6. The third-order valence-corrected chi connectivity index (χ3v) is 7.66. The average Bonchev–Trinajstić information content (AvgIpc) is 3.36. The van der Waals surface area contributed by atoms with Crippen LogP contribution in [0.25, 0.3) is 22.2 Å². The molecule has 5 heteroatoms. The van der Waals surface area contributed by atoms with Gasteiger partial charge in [0.25, 0.3) is 0 Å². The van der Waals surface area contributed by atoms with Gasteiger partial charge in [-0.1, -0.05) is 66.2 Å². The van der Waals surface area contributed by atoms with Crippen LogP contribution in [-0.4, -0.2) is 34.6 Å². The first kappa shape index (κ1) is 22.5. The lowest BCUT2D eigenvalue weighted by molar-refractivity contribution is 0.150. The molecule has 2 fully saturated rings. The minimum absolute atomic E-state index is 0.438. The van der Waals surface area contributed by atoms with E-state index in [9.17, 15) is 0 Å². The van der Waals surface area contributed by atoms with Crippen molar-refractivity contribution >= 4 is 22.5 Å². The number of benzene rings is 3. The number of hydrogen-bond acceptors (Lipinski definition) is 4. The highest BCUT2D eigenvalue weighted by Gasteiger charge is 2.31. The van der Waals surface area contributed by atoms with Crippen LogP contribution in [-0.2, 0) is 6.54 Å². The first-order valence-corrected chi connectivity index (χ1v) is 13.1. The summed E-state index contributed by atoms with van der Waals surface area (Å²) in [5.74, 6) is 1.16. The molecule has 0 bridgehead atoms. The van der Waals surface area contributed by atoms with E-state index in [-0.39, 0.29) is 0 Å². The van der Waals surface area contributed by atoms with E-state index in [1.807, 2.05) is 48.5 Å². The van der Waals surface area contributed by atoms with E-state index in [4.69, 9.17) is 21.3 Å². The van der Waals surface area contributed by atoms with Gasteiger partial charge in [-0.05, 0) is 79.9 Å². The van der Waals surface area contributed by atoms with Crippen LogP contribution in [0.1, 0.15) is 42.7 Å². The highest BCUT2D eigenvalue weighted by molar-refractivity contribution is 6.30. The van der Waals surface area contributed by atoms with Crippen LogP contribution in [0.5, 0.6) is 6.01 Å². The molecule has 0 spiro atoms. The molecule has 4 nitrogen and oxygen atoms in total.